The summed E-state index contributed by atoms with van der Waals surface area (Å²) >= 11 is 1.36. The van der Waals surface area contributed by atoms with Gasteiger partial charge in [-0.1, -0.05) is 6.92 Å². The van der Waals surface area contributed by atoms with Crippen molar-refractivity contribution in [1.82, 2.24) is 0 Å². The van der Waals surface area contributed by atoms with E-state index in [4.69, 9.17) is 15.4 Å². The summed E-state index contributed by atoms with van der Waals surface area (Å²) < 4.78 is 31.1. The van der Waals surface area contributed by atoms with E-state index in [0.29, 0.717) is 5.75 Å². The third-order valence-corrected chi connectivity index (χ3v) is 4.51. The molecular formula is C8H17NO5S2. The Bertz CT molecular complexity index is 342. The molecular weight excluding hydrogens is 254 g/mol. The zero-order chi connectivity index (χ0) is 13.0. The molecule has 0 bridgehead atoms. The number of carboxylic acids is 1. The van der Waals surface area contributed by atoms with Crippen LogP contribution in [-0.4, -0.2) is 46.8 Å². The van der Waals surface area contributed by atoms with Gasteiger partial charge in [0, 0.05) is 0 Å². The predicted molar refractivity (Wildman–Crippen MR) is 63.2 cm³/mol. The maximum atomic E-state index is 11.1. The summed E-state index contributed by atoms with van der Waals surface area (Å²) in [5.74, 6) is -1.000. The highest BCUT2D eigenvalue weighted by molar-refractivity contribution is 7.98. The quantitative estimate of drug-likeness (QED) is 0.565. The molecule has 0 spiro atoms. The van der Waals surface area contributed by atoms with E-state index in [1.54, 1.807) is 6.26 Å². The highest BCUT2D eigenvalue weighted by Gasteiger charge is 2.47. The molecule has 0 aliphatic carbocycles. The van der Waals surface area contributed by atoms with Gasteiger partial charge in [0.15, 0.2) is 0 Å². The summed E-state index contributed by atoms with van der Waals surface area (Å²) in [6.45, 7) is 1.47. The van der Waals surface area contributed by atoms with Crippen molar-refractivity contribution in [2.75, 3.05) is 12.0 Å². The Hall–Kier alpha value is -0.310. The van der Waals surface area contributed by atoms with Gasteiger partial charge in [-0.25, -0.2) is 0 Å². The van der Waals surface area contributed by atoms with Crippen LogP contribution in [0.5, 0.6) is 0 Å². The van der Waals surface area contributed by atoms with E-state index in [9.17, 15) is 13.2 Å². The topological polar surface area (TPSA) is 118 Å². The molecule has 16 heavy (non-hydrogen) atoms. The predicted octanol–water partition coefficient (Wildman–Crippen LogP) is 0.188. The molecule has 0 aromatic heterocycles. The van der Waals surface area contributed by atoms with Crippen LogP contribution in [0, 0.1) is 0 Å². The Morgan fingerprint density at radius 2 is 2.06 bits per heavy atom. The first-order valence-corrected chi connectivity index (χ1v) is 7.57. The lowest BCUT2D eigenvalue weighted by atomic mass is 9.91. The molecule has 0 saturated carbocycles. The van der Waals surface area contributed by atoms with Crippen molar-refractivity contribution in [3.05, 3.63) is 0 Å². The molecule has 0 aliphatic rings. The number of carboxylic acid groups (broad SMARTS) is 1. The van der Waals surface area contributed by atoms with Crippen molar-refractivity contribution >= 4 is 27.8 Å². The van der Waals surface area contributed by atoms with E-state index in [1.165, 1.54) is 18.7 Å². The van der Waals surface area contributed by atoms with Gasteiger partial charge in [-0.3, -0.25) is 9.35 Å². The molecule has 0 aliphatic heterocycles. The van der Waals surface area contributed by atoms with Crippen molar-refractivity contribution in [2.45, 2.75) is 30.6 Å². The molecule has 0 aromatic rings. The molecule has 0 saturated heterocycles. The second-order valence-electron chi connectivity index (χ2n) is 3.50. The molecule has 0 amide bonds. The van der Waals surface area contributed by atoms with Crippen LogP contribution in [-0.2, 0) is 14.9 Å². The van der Waals surface area contributed by atoms with E-state index in [0.717, 1.165) is 0 Å². The van der Waals surface area contributed by atoms with Gasteiger partial charge >= 0.3 is 5.97 Å². The van der Waals surface area contributed by atoms with E-state index < -0.39 is 26.9 Å². The summed E-state index contributed by atoms with van der Waals surface area (Å²) in [6.07, 6.45) is 1.70. The lowest BCUT2D eigenvalue weighted by Gasteiger charge is -2.30. The van der Waals surface area contributed by atoms with Crippen molar-refractivity contribution < 1.29 is 22.9 Å². The van der Waals surface area contributed by atoms with Gasteiger partial charge in [-0.2, -0.15) is 20.2 Å². The van der Waals surface area contributed by atoms with Crippen molar-refractivity contribution in [2.24, 2.45) is 5.73 Å². The van der Waals surface area contributed by atoms with Gasteiger partial charge in [0.2, 0.25) is 0 Å². The molecule has 0 heterocycles. The Balaban J connectivity index is 5.23. The maximum absolute atomic E-state index is 11.1. The molecule has 2 atom stereocenters. The minimum atomic E-state index is -4.46. The van der Waals surface area contributed by atoms with E-state index in [-0.39, 0.29) is 12.8 Å². The summed E-state index contributed by atoms with van der Waals surface area (Å²) in [5, 5.41) is 7.53. The Kier molecular flexibility index (Phi) is 5.74. The normalized spacial score (nSPS) is 17.8. The second-order valence-corrected chi connectivity index (χ2v) is 6.08. The fraction of sp³-hybridized carbons (Fsp3) is 0.875. The average molecular weight is 271 g/mol. The number of carbonyl (C=O) groups is 1. The summed E-state index contributed by atoms with van der Waals surface area (Å²) in [6, 6.07) is 0. The average Bonchev–Trinajstić information content (AvgIpc) is 2.13. The van der Waals surface area contributed by atoms with Crippen LogP contribution in [0.15, 0.2) is 0 Å². The second kappa shape index (κ2) is 5.85. The third kappa shape index (κ3) is 3.62. The van der Waals surface area contributed by atoms with Crippen LogP contribution in [0.25, 0.3) is 0 Å². The van der Waals surface area contributed by atoms with Gasteiger partial charge in [0.1, 0.15) is 10.8 Å². The highest BCUT2D eigenvalue weighted by atomic mass is 32.2. The summed E-state index contributed by atoms with van der Waals surface area (Å²) in [7, 11) is -4.46. The fourth-order valence-corrected chi connectivity index (χ4v) is 3.23. The molecule has 8 heteroatoms. The SMILES string of the molecule is CCC(C(N)(CCSC)C(=O)O)S(=O)(=O)O. The molecule has 0 radical (unpaired) electrons. The van der Waals surface area contributed by atoms with Crippen molar-refractivity contribution in [1.29, 1.82) is 0 Å². The molecule has 96 valence electrons. The van der Waals surface area contributed by atoms with Crippen LogP contribution in [0.1, 0.15) is 19.8 Å². The Morgan fingerprint density at radius 3 is 2.31 bits per heavy atom. The van der Waals surface area contributed by atoms with Crippen molar-refractivity contribution in [3.8, 4) is 0 Å². The fourth-order valence-electron chi connectivity index (χ4n) is 1.52. The first-order valence-electron chi connectivity index (χ1n) is 4.67. The van der Waals surface area contributed by atoms with Gasteiger partial charge in [-0.15, -0.1) is 0 Å². The monoisotopic (exact) mass is 271 g/mol. The van der Waals surface area contributed by atoms with Crippen LogP contribution in [0.4, 0.5) is 0 Å². The first-order chi connectivity index (χ1) is 7.20. The third-order valence-electron chi connectivity index (χ3n) is 2.42. The van der Waals surface area contributed by atoms with Crippen LogP contribution in [0.2, 0.25) is 0 Å². The van der Waals surface area contributed by atoms with Gasteiger partial charge in [0.25, 0.3) is 10.1 Å². The molecule has 4 N–H and O–H groups in total. The zero-order valence-corrected chi connectivity index (χ0v) is 10.8. The minimum absolute atomic E-state index is 0.0121. The van der Waals surface area contributed by atoms with Gasteiger partial charge < -0.3 is 10.8 Å². The summed E-state index contributed by atoms with van der Waals surface area (Å²) in [5.41, 5.74) is 3.68. The molecule has 0 rings (SSSR count). The number of thioether (sulfide) groups is 1. The van der Waals surface area contributed by atoms with Crippen molar-refractivity contribution in [3.63, 3.8) is 0 Å². The van der Waals surface area contributed by atoms with Crippen LogP contribution >= 0.6 is 11.8 Å². The number of rotatable bonds is 7. The van der Waals surface area contributed by atoms with E-state index >= 15 is 0 Å². The highest BCUT2D eigenvalue weighted by Crippen LogP contribution is 2.23. The minimum Gasteiger partial charge on any atom is -0.480 e. The van der Waals surface area contributed by atoms with E-state index in [1.807, 2.05) is 0 Å². The lowest BCUT2D eigenvalue weighted by molar-refractivity contribution is -0.143. The van der Waals surface area contributed by atoms with Gasteiger partial charge in [0.05, 0.1) is 0 Å². The van der Waals surface area contributed by atoms with Crippen LogP contribution < -0.4 is 5.73 Å². The van der Waals surface area contributed by atoms with Gasteiger partial charge in [-0.05, 0) is 24.9 Å². The number of hydrogen-bond acceptors (Lipinski definition) is 5. The Morgan fingerprint density at radius 1 is 1.56 bits per heavy atom. The molecule has 2 unspecified atom stereocenters. The first kappa shape index (κ1) is 15.7. The molecule has 0 aromatic carbocycles. The Labute approximate surface area is 99.3 Å². The smallest absolute Gasteiger partial charge is 0.325 e. The lowest BCUT2D eigenvalue weighted by Crippen LogP contribution is -2.60. The number of hydrogen-bond donors (Lipinski definition) is 3. The standard InChI is InChI=1S/C8H17NO5S2/c1-3-6(16(12,13)14)8(9,7(10)11)4-5-15-2/h6H,3-5,9H2,1-2H3,(H,10,11)(H,12,13,14). The van der Waals surface area contributed by atoms with E-state index in [2.05, 4.69) is 0 Å². The molecule has 0 fully saturated rings. The number of nitrogens with two attached hydrogens (primary N) is 1. The maximum Gasteiger partial charge on any atom is 0.325 e. The largest absolute Gasteiger partial charge is 0.480 e. The summed E-state index contributed by atoms with van der Waals surface area (Å²) in [4.78, 5) is 11.1. The number of aliphatic carboxylic acids is 1. The zero-order valence-electron chi connectivity index (χ0n) is 9.21. The van der Waals surface area contributed by atoms with Crippen LogP contribution in [0.3, 0.4) is 0 Å². The molecule has 6 nitrogen and oxygen atoms in total.